The van der Waals surface area contributed by atoms with Crippen LogP contribution in [0.15, 0.2) is 0 Å². The van der Waals surface area contributed by atoms with Gasteiger partial charge in [0, 0.05) is 6.54 Å². The van der Waals surface area contributed by atoms with Crippen molar-refractivity contribution in [2.75, 3.05) is 13.2 Å². The van der Waals surface area contributed by atoms with Crippen LogP contribution in [0.2, 0.25) is 0 Å². The van der Waals surface area contributed by atoms with Gasteiger partial charge < -0.3 is 15.2 Å². The summed E-state index contributed by atoms with van der Waals surface area (Å²) in [7, 11) is -0.415. The van der Waals surface area contributed by atoms with Crippen molar-refractivity contribution in [2.24, 2.45) is 5.73 Å². The molecular formula is C2H8NO2P. The molecule has 0 rings (SSSR count). The summed E-state index contributed by atoms with van der Waals surface area (Å²) in [6.07, 6.45) is 0. The highest BCUT2D eigenvalue weighted by molar-refractivity contribution is 7.24. The van der Waals surface area contributed by atoms with E-state index < -0.39 is 9.03 Å². The third-order valence-corrected chi connectivity index (χ3v) is 0.618. The van der Waals surface area contributed by atoms with Crippen LogP contribution in [0.4, 0.5) is 0 Å². The predicted octanol–water partition coefficient (Wildman–Crippen LogP) is -0.537. The van der Waals surface area contributed by atoms with Gasteiger partial charge in [0.15, 0.2) is 9.03 Å². The molecule has 0 aromatic rings. The number of rotatable bonds is 3. The Morgan fingerprint density at radius 3 is 2.67 bits per heavy atom. The van der Waals surface area contributed by atoms with E-state index in [0.717, 1.165) is 0 Å². The Bertz CT molecular complexity index is 23.5. The van der Waals surface area contributed by atoms with Gasteiger partial charge in [-0.25, -0.2) is 0 Å². The minimum atomic E-state index is -0.415. The average molecular weight is 109 g/mol. The fourth-order valence-corrected chi connectivity index (χ4v) is 0.314. The molecule has 0 heterocycles. The van der Waals surface area contributed by atoms with Gasteiger partial charge in [-0.1, -0.05) is 0 Å². The van der Waals surface area contributed by atoms with Gasteiger partial charge in [0.05, 0.1) is 6.61 Å². The summed E-state index contributed by atoms with van der Waals surface area (Å²) in [5, 5.41) is 0. The summed E-state index contributed by atoms with van der Waals surface area (Å²) in [5.41, 5.74) is 4.98. The van der Waals surface area contributed by atoms with Crippen LogP contribution in [0.1, 0.15) is 0 Å². The largest absolute Gasteiger partial charge is 0.352 e. The molecule has 0 aliphatic carbocycles. The van der Waals surface area contributed by atoms with E-state index in [9.17, 15) is 0 Å². The van der Waals surface area contributed by atoms with Gasteiger partial charge >= 0.3 is 0 Å². The minimum Gasteiger partial charge on any atom is -0.352 e. The van der Waals surface area contributed by atoms with Crippen molar-refractivity contribution in [3.05, 3.63) is 0 Å². The molecule has 0 saturated heterocycles. The van der Waals surface area contributed by atoms with Gasteiger partial charge in [0.1, 0.15) is 0 Å². The van der Waals surface area contributed by atoms with Gasteiger partial charge in [-0.15, -0.1) is 0 Å². The summed E-state index contributed by atoms with van der Waals surface area (Å²) in [6, 6.07) is 0. The van der Waals surface area contributed by atoms with Crippen LogP contribution in [0, 0.1) is 0 Å². The fraction of sp³-hybridized carbons (Fsp3) is 1.00. The highest BCUT2D eigenvalue weighted by Crippen LogP contribution is 1.99. The van der Waals surface area contributed by atoms with Crippen LogP contribution in [0.25, 0.3) is 0 Å². The monoisotopic (exact) mass is 109 g/mol. The first-order chi connectivity index (χ1) is 2.91. The van der Waals surface area contributed by atoms with E-state index in [4.69, 9.17) is 10.6 Å². The van der Waals surface area contributed by atoms with Crippen molar-refractivity contribution in [3.8, 4) is 0 Å². The molecule has 4 heteroatoms. The van der Waals surface area contributed by atoms with Crippen molar-refractivity contribution < 1.29 is 9.42 Å². The molecule has 0 saturated carbocycles. The molecule has 0 bridgehead atoms. The zero-order valence-corrected chi connectivity index (χ0v) is 4.35. The van der Waals surface area contributed by atoms with Gasteiger partial charge in [-0.2, -0.15) is 0 Å². The molecule has 1 unspecified atom stereocenters. The zero-order chi connectivity index (χ0) is 4.83. The van der Waals surface area contributed by atoms with Gasteiger partial charge in [0.25, 0.3) is 0 Å². The molecule has 0 amide bonds. The summed E-state index contributed by atoms with van der Waals surface area (Å²) >= 11 is 0. The molecule has 0 radical (unpaired) electrons. The Morgan fingerprint density at radius 1 is 1.83 bits per heavy atom. The standard InChI is InChI=1S/C2H8NO2P/c3-1-2-5-6-4/h4,6H,1-3H2. The maximum atomic E-state index is 7.95. The molecule has 0 aliphatic heterocycles. The second-order valence-corrected chi connectivity index (χ2v) is 1.20. The highest BCUT2D eigenvalue weighted by Gasteiger charge is 1.74. The molecule has 38 valence electrons. The fourth-order valence-electron chi connectivity index (χ4n) is 0.105. The molecule has 0 aromatic carbocycles. The van der Waals surface area contributed by atoms with E-state index in [-0.39, 0.29) is 0 Å². The molecule has 6 heavy (non-hydrogen) atoms. The second kappa shape index (κ2) is 5.31. The Labute approximate surface area is 38.4 Å². The Kier molecular flexibility index (Phi) is 5.58. The third kappa shape index (κ3) is 4.31. The van der Waals surface area contributed by atoms with Crippen LogP contribution in [0.3, 0.4) is 0 Å². The van der Waals surface area contributed by atoms with Crippen LogP contribution < -0.4 is 5.73 Å². The van der Waals surface area contributed by atoms with E-state index in [0.29, 0.717) is 13.2 Å². The lowest BCUT2D eigenvalue weighted by molar-refractivity contribution is 0.336. The van der Waals surface area contributed by atoms with E-state index >= 15 is 0 Å². The normalized spacial score (nSPS) is 11.0. The molecule has 0 aliphatic rings. The Hall–Kier alpha value is 0.310. The van der Waals surface area contributed by atoms with Crippen LogP contribution >= 0.6 is 9.03 Å². The van der Waals surface area contributed by atoms with Gasteiger partial charge in [-0.05, 0) is 0 Å². The van der Waals surface area contributed by atoms with E-state index in [1.165, 1.54) is 0 Å². The van der Waals surface area contributed by atoms with Gasteiger partial charge in [-0.3, -0.25) is 0 Å². The molecule has 0 spiro atoms. The lowest BCUT2D eigenvalue weighted by Gasteiger charge is -1.90. The first-order valence-electron chi connectivity index (χ1n) is 1.62. The molecular weight excluding hydrogens is 101 g/mol. The second-order valence-electron chi connectivity index (χ2n) is 0.728. The maximum Gasteiger partial charge on any atom is 0.152 e. The summed E-state index contributed by atoms with van der Waals surface area (Å²) < 4.78 is 4.44. The smallest absolute Gasteiger partial charge is 0.152 e. The van der Waals surface area contributed by atoms with Crippen molar-refractivity contribution in [2.45, 2.75) is 0 Å². The van der Waals surface area contributed by atoms with E-state index in [1.54, 1.807) is 0 Å². The predicted molar refractivity (Wildman–Crippen MR) is 25.5 cm³/mol. The van der Waals surface area contributed by atoms with Crippen LogP contribution in [-0.4, -0.2) is 18.0 Å². The van der Waals surface area contributed by atoms with Crippen molar-refractivity contribution in [1.82, 2.24) is 0 Å². The molecule has 0 aromatic heterocycles. The minimum absolute atomic E-state index is 0.415. The average Bonchev–Trinajstić information content (AvgIpc) is 1.61. The SMILES string of the molecule is NCCOPO. The Balaban J connectivity index is 2.34. The van der Waals surface area contributed by atoms with Crippen LogP contribution in [0.5, 0.6) is 0 Å². The highest BCUT2D eigenvalue weighted by atomic mass is 31.1. The Morgan fingerprint density at radius 2 is 2.50 bits per heavy atom. The van der Waals surface area contributed by atoms with Crippen LogP contribution in [-0.2, 0) is 4.52 Å². The van der Waals surface area contributed by atoms with Crippen molar-refractivity contribution in [1.29, 1.82) is 0 Å². The number of nitrogens with two attached hydrogens (primary N) is 1. The molecule has 3 nitrogen and oxygen atoms in total. The van der Waals surface area contributed by atoms with E-state index in [2.05, 4.69) is 4.52 Å². The maximum absolute atomic E-state index is 7.95. The summed E-state index contributed by atoms with van der Waals surface area (Å²) in [4.78, 5) is 7.95. The third-order valence-electron chi connectivity index (χ3n) is 0.284. The first-order valence-corrected chi connectivity index (χ1v) is 2.48. The first kappa shape index (κ1) is 6.31. The molecule has 1 atom stereocenters. The number of hydrogen-bond acceptors (Lipinski definition) is 3. The zero-order valence-electron chi connectivity index (χ0n) is 3.35. The lowest BCUT2D eigenvalue weighted by Crippen LogP contribution is -2.03. The topological polar surface area (TPSA) is 55.5 Å². The number of hydrogen-bond donors (Lipinski definition) is 2. The lowest BCUT2D eigenvalue weighted by atomic mass is 10.8. The summed E-state index contributed by atoms with van der Waals surface area (Å²) in [6.45, 7) is 0.933. The summed E-state index contributed by atoms with van der Waals surface area (Å²) in [5.74, 6) is 0. The molecule has 0 fully saturated rings. The van der Waals surface area contributed by atoms with Gasteiger partial charge in [0.2, 0.25) is 0 Å². The van der Waals surface area contributed by atoms with E-state index in [1.807, 2.05) is 0 Å². The van der Waals surface area contributed by atoms with Crippen molar-refractivity contribution >= 4 is 9.03 Å². The quantitative estimate of drug-likeness (QED) is 0.378. The van der Waals surface area contributed by atoms with Crippen molar-refractivity contribution in [3.63, 3.8) is 0 Å². The molecule has 3 N–H and O–H groups in total.